The minimum absolute atomic E-state index is 0.237. The standard InChI is InChI=1S/C21H17N3O3S/c25-20(24-21-23-17(14-28-21)16-5-3-9-22-13-16)6-2-1-4-15-7-8-18-19(12-15)27-11-10-26-18/h1-9,12-14H,10-11H2,(H,23,24,25)/b4-1+,6-2+. The predicted molar refractivity (Wildman–Crippen MR) is 110 cm³/mol. The summed E-state index contributed by atoms with van der Waals surface area (Å²) in [6.07, 6.45) is 10.3. The number of allylic oxidation sites excluding steroid dienone is 2. The molecule has 3 aromatic rings. The fourth-order valence-corrected chi connectivity index (χ4v) is 3.32. The van der Waals surface area contributed by atoms with E-state index in [0.717, 1.165) is 28.3 Å². The van der Waals surface area contributed by atoms with Gasteiger partial charge >= 0.3 is 0 Å². The van der Waals surface area contributed by atoms with Gasteiger partial charge in [0.1, 0.15) is 13.2 Å². The van der Waals surface area contributed by atoms with Crippen LogP contribution in [0.1, 0.15) is 5.56 Å². The Labute approximate surface area is 166 Å². The van der Waals surface area contributed by atoms with E-state index in [4.69, 9.17) is 9.47 Å². The number of aromatic nitrogens is 2. The van der Waals surface area contributed by atoms with Crippen molar-refractivity contribution < 1.29 is 14.3 Å². The lowest BCUT2D eigenvalue weighted by molar-refractivity contribution is -0.111. The first kappa shape index (κ1) is 17.9. The van der Waals surface area contributed by atoms with Crippen LogP contribution in [0.25, 0.3) is 17.3 Å². The average Bonchev–Trinajstić information content (AvgIpc) is 3.20. The molecule has 3 heterocycles. The molecule has 0 atom stereocenters. The van der Waals surface area contributed by atoms with Crippen LogP contribution in [0.4, 0.5) is 5.13 Å². The fourth-order valence-electron chi connectivity index (χ4n) is 2.60. The third-order valence-corrected chi connectivity index (χ3v) is 4.66. The number of pyridine rings is 1. The van der Waals surface area contributed by atoms with Crippen LogP contribution >= 0.6 is 11.3 Å². The number of nitrogens with one attached hydrogen (secondary N) is 1. The number of hydrogen-bond acceptors (Lipinski definition) is 6. The van der Waals surface area contributed by atoms with Gasteiger partial charge in [0, 0.05) is 29.4 Å². The Balaban J connectivity index is 1.33. The second-order valence-electron chi connectivity index (χ2n) is 5.89. The van der Waals surface area contributed by atoms with Gasteiger partial charge < -0.3 is 9.47 Å². The van der Waals surface area contributed by atoms with Crippen LogP contribution in [-0.2, 0) is 4.79 Å². The van der Waals surface area contributed by atoms with E-state index in [1.807, 2.05) is 41.8 Å². The Morgan fingerprint density at radius 3 is 2.89 bits per heavy atom. The van der Waals surface area contributed by atoms with Crippen molar-refractivity contribution in [2.45, 2.75) is 0 Å². The van der Waals surface area contributed by atoms with E-state index < -0.39 is 0 Å². The lowest BCUT2D eigenvalue weighted by atomic mass is 10.2. The highest BCUT2D eigenvalue weighted by Crippen LogP contribution is 2.31. The van der Waals surface area contributed by atoms with Crippen molar-refractivity contribution in [2.75, 3.05) is 18.5 Å². The number of thiazole rings is 1. The molecule has 7 heteroatoms. The third-order valence-electron chi connectivity index (χ3n) is 3.91. The normalized spacial score (nSPS) is 13.1. The van der Waals surface area contributed by atoms with Crippen molar-refractivity contribution in [3.8, 4) is 22.8 Å². The number of ether oxygens (including phenoxy) is 2. The average molecular weight is 391 g/mol. The minimum atomic E-state index is -0.237. The summed E-state index contributed by atoms with van der Waals surface area (Å²) in [5, 5.41) is 5.20. The van der Waals surface area contributed by atoms with Crippen molar-refractivity contribution in [3.05, 3.63) is 71.9 Å². The molecule has 0 radical (unpaired) electrons. The lowest BCUT2D eigenvalue weighted by Gasteiger charge is -2.18. The molecule has 4 rings (SSSR count). The molecule has 0 bridgehead atoms. The molecule has 140 valence electrons. The number of benzene rings is 1. The fraction of sp³-hybridized carbons (Fsp3) is 0.0952. The summed E-state index contributed by atoms with van der Waals surface area (Å²) < 4.78 is 11.1. The van der Waals surface area contributed by atoms with E-state index >= 15 is 0 Å². The number of amides is 1. The molecule has 1 N–H and O–H groups in total. The molecule has 6 nitrogen and oxygen atoms in total. The first-order valence-corrected chi connectivity index (χ1v) is 9.57. The molecular weight excluding hydrogens is 374 g/mol. The third kappa shape index (κ3) is 4.44. The smallest absolute Gasteiger partial charge is 0.250 e. The molecule has 0 aliphatic carbocycles. The van der Waals surface area contributed by atoms with Crippen LogP contribution in [0.5, 0.6) is 11.5 Å². The van der Waals surface area contributed by atoms with Gasteiger partial charge in [-0.1, -0.05) is 24.3 Å². The summed E-state index contributed by atoms with van der Waals surface area (Å²) in [4.78, 5) is 20.5. The number of nitrogens with zero attached hydrogens (tertiary/aromatic N) is 2. The van der Waals surface area contributed by atoms with E-state index in [0.29, 0.717) is 18.3 Å². The van der Waals surface area contributed by atoms with E-state index in [-0.39, 0.29) is 5.91 Å². The molecule has 1 aromatic carbocycles. The minimum Gasteiger partial charge on any atom is -0.486 e. The van der Waals surface area contributed by atoms with Crippen LogP contribution in [0, 0.1) is 0 Å². The number of carbonyl (C=O) groups is 1. The zero-order valence-electron chi connectivity index (χ0n) is 14.9. The molecule has 1 aliphatic rings. The second-order valence-corrected chi connectivity index (χ2v) is 6.75. The van der Waals surface area contributed by atoms with Crippen molar-refractivity contribution in [3.63, 3.8) is 0 Å². The van der Waals surface area contributed by atoms with Crippen LogP contribution in [0.3, 0.4) is 0 Å². The molecule has 1 aliphatic heterocycles. The van der Waals surface area contributed by atoms with Gasteiger partial charge in [-0.2, -0.15) is 0 Å². The Morgan fingerprint density at radius 2 is 2.04 bits per heavy atom. The highest BCUT2D eigenvalue weighted by Gasteiger charge is 2.10. The van der Waals surface area contributed by atoms with E-state index in [1.165, 1.54) is 17.4 Å². The van der Waals surface area contributed by atoms with Crippen molar-refractivity contribution >= 4 is 28.5 Å². The van der Waals surface area contributed by atoms with Gasteiger partial charge in [-0.15, -0.1) is 11.3 Å². The van der Waals surface area contributed by atoms with E-state index in [1.54, 1.807) is 24.5 Å². The maximum Gasteiger partial charge on any atom is 0.250 e. The molecule has 0 saturated heterocycles. The summed E-state index contributed by atoms with van der Waals surface area (Å²) in [6, 6.07) is 9.51. The molecule has 0 fully saturated rings. The number of anilines is 1. The van der Waals surface area contributed by atoms with Crippen molar-refractivity contribution in [1.82, 2.24) is 9.97 Å². The van der Waals surface area contributed by atoms with Gasteiger partial charge in [0.2, 0.25) is 5.91 Å². The first-order chi connectivity index (χ1) is 13.8. The Kier molecular flexibility index (Phi) is 5.44. The van der Waals surface area contributed by atoms with E-state index in [2.05, 4.69) is 15.3 Å². The molecule has 0 saturated carbocycles. The van der Waals surface area contributed by atoms with Gasteiger partial charge in [0.15, 0.2) is 16.6 Å². The summed E-state index contributed by atoms with van der Waals surface area (Å²) in [5.41, 5.74) is 2.67. The van der Waals surface area contributed by atoms with Gasteiger partial charge in [-0.25, -0.2) is 4.98 Å². The summed E-state index contributed by atoms with van der Waals surface area (Å²) in [7, 11) is 0. The summed E-state index contributed by atoms with van der Waals surface area (Å²) in [6.45, 7) is 1.13. The Bertz CT molecular complexity index is 1030. The lowest BCUT2D eigenvalue weighted by Crippen LogP contribution is -2.15. The van der Waals surface area contributed by atoms with Crippen LogP contribution in [0.15, 0.2) is 66.3 Å². The van der Waals surface area contributed by atoms with Gasteiger partial charge in [0.25, 0.3) is 0 Å². The molecule has 0 spiro atoms. The monoisotopic (exact) mass is 391 g/mol. The SMILES string of the molecule is O=C(/C=C/C=C/c1ccc2c(c1)OCCO2)Nc1nc(-c2cccnc2)cs1. The topological polar surface area (TPSA) is 73.3 Å². The maximum absolute atomic E-state index is 12.0. The number of hydrogen-bond donors (Lipinski definition) is 1. The Morgan fingerprint density at radius 1 is 1.14 bits per heavy atom. The van der Waals surface area contributed by atoms with Crippen LogP contribution < -0.4 is 14.8 Å². The summed E-state index contributed by atoms with van der Waals surface area (Å²) >= 11 is 1.37. The van der Waals surface area contributed by atoms with Crippen LogP contribution in [-0.4, -0.2) is 29.1 Å². The number of carbonyl (C=O) groups excluding carboxylic acids is 1. The van der Waals surface area contributed by atoms with E-state index in [9.17, 15) is 4.79 Å². The molecule has 1 amide bonds. The molecule has 28 heavy (non-hydrogen) atoms. The zero-order valence-corrected chi connectivity index (χ0v) is 15.7. The molecule has 0 unspecified atom stereocenters. The quantitative estimate of drug-likeness (QED) is 0.522. The predicted octanol–water partition coefficient (Wildman–Crippen LogP) is 4.18. The van der Waals surface area contributed by atoms with Gasteiger partial charge in [-0.3, -0.25) is 15.1 Å². The van der Waals surface area contributed by atoms with Gasteiger partial charge in [-0.05, 0) is 29.8 Å². The maximum atomic E-state index is 12.0. The second kappa shape index (κ2) is 8.49. The summed E-state index contributed by atoms with van der Waals surface area (Å²) in [5.74, 6) is 1.26. The largest absolute Gasteiger partial charge is 0.486 e. The highest BCUT2D eigenvalue weighted by molar-refractivity contribution is 7.14. The first-order valence-electron chi connectivity index (χ1n) is 8.69. The highest BCUT2D eigenvalue weighted by atomic mass is 32.1. The molecular formula is C21H17N3O3S. The Hall–Kier alpha value is -3.45. The van der Waals surface area contributed by atoms with Crippen LogP contribution in [0.2, 0.25) is 0 Å². The van der Waals surface area contributed by atoms with Gasteiger partial charge in [0.05, 0.1) is 5.69 Å². The zero-order chi connectivity index (χ0) is 19.2. The number of rotatable bonds is 5. The van der Waals surface area contributed by atoms with Crippen molar-refractivity contribution in [1.29, 1.82) is 0 Å². The number of fused-ring (bicyclic) bond motifs is 1. The molecule has 2 aromatic heterocycles. The van der Waals surface area contributed by atoms with Crippen molar-refractivity contribution in [2.24, 2.45) is 0 Å².